The number of benzene rings is 1. The number of aliphatic imine (C=N–C) groups is 1. The number of halogens is 3. The quantitative estimate of drug-likeness (QED) is 0.426. The van der Waals surface area contributed by atoms with Crippen LogP contribution in [0.15, 0.2) is 23.2 Å². The van der Waals surface area contributed by atoms with Crippen LogP contribution in [-0.2, 0) is 6.42 Å². The molecule has 0 N–H and O–H groups in total. The van der Waals surface area contributed by atoms with E-state index in [9.17, 15) is 0 Å². The minimum Gasteiger partial charge on any atom is -0.349 e. The monoisotopic (exact) mass is 415 g/mol. The molecule has 0 amide bonds. The van der Waals surface area contributed by atoms with Crippen molar-refractivity contribution < 1.29 is 0 Å². The first kappa shape index (κ1) is 18.8. The summed E-state index contributed by atoms with van der Waals surface area (Å²) in [5.74, 6) is 0.929. The third kappa shape index (κ3) is 5.75. The third-order valence-corrected chi connectivity index (χ3v) is 3.18. The zero-order chi connectivity index (χ0) is 13.7. The molecule has 1 aromatic carbocycles. The molecule has 0 aliphatic carbocycles. The van der Waals surface area contributed by atoms with Gasteiger partial charge in [-0.05, 0) is 24.1 Å². The Kier molecular flexibility index (Phi) is 8.78. The summed E-state index contributed by atoms with van der Waals surface area (Å²) < 4.78 is 0. The van der Waals surface area contributed by atoms with E-state index < -0.39 is 0 Å². The van der Waals surface area contributed by atoms with E-state index in [1.807, 2.05) is 56.2 Å². The smallest absolute Gasteiger partial charge is 0.195 e. The van der Waals surface area contributed by atoms with Crippen molar-refractivity contribution in [3.05, 3.63) is 33.8 Å². The van der Waals surface area contributed by atoms with E-state index in [1.54, 1.807) is 0 Å². The SMILES string of the molecule is CN(C)C(=NCCc1c(Cl)cccc1Cl)N(C)C.I. The predicted octanol–water partition coefficient (Wildman–Crippen LogP) is 3.63. The summed E-state index contributed by atoms with van der Waals surface area (Å²) in [6, 6.07) is 5.55. The molecule has 0 aromatic heterocycles. The lowest BCUT2D eigenvalue weighted by Gasteiger charge is -2.22. The summed E-state index contributed by atoms with van der Waals surface area (Å²) in [6.45, 7) is 0.662. The zero-order valence-electron chi connectivity index (χ0n) is 11.7. The van der Waals surface area contributed by atoms with Gasteiger partial charge in [-0.1, -0.05) is 29.3 Å². The van der Waals surface area contributed by atoms with Crippen LogP contribution in [0.25, 0.3) is 0 Å². The van der Waals surface area contributed by atoms with E-state index in [0.29, 0.717) is 16.6 Å². The zero-order valence-corrected chi connectivity index (χ0v) is 15.5. The maximum Gasteiger partial charge on any atom is 0.195 e. The maximum absolute atomic E-state index is 6.12. The third-order valence-electron chi connectivity index (χ3n) is 2.48. The van der Waals surface area contributed by atoms with Crippen molar-refractivity contribution >= 4 is 53.1 Å². The molecule has 0 radical (unpaired) electrons. The Hall–Kier alpha value is -0.200. The molecule has 0 unspecified atom stereocenters. The lowest BCUT2D eigenvalue weighted by molar-refractivity contribution is 0.479. The molecule has 0 bridgehead atoms. The molecule has 0 aliphatic heterocycles. The molecule has 0 saturated heterocycles. The molecule has 19 heavy (non-hydrogen) atoms. The molecule has 0 fully saturated rings. The average Bonchev–Trinajstić information content (AvgIpc) is 2.26. The second-order valence-corrected chi connectivity index (χ2v) is 5.24. The Labute approximate surface area is 142 Å². The van der Waals surface area contributed by atoms with Gasteiger partial charge in [-0.3, -0.25) is 4.99 Å². The van der Waals surface area contributed by atoms with Crippen LogP contribution in [0, 0.1) is 0 Å². The van der Waals surface area contributed by atoms with E-state index in [4.69, 9.17) is 23.2 Å². The van der Waals surface area contributed by atoms with Crippen LogP contribution in [0.5, 0.6) is 0 Å². The van der Waals surface area contributed by atoms with Crippen LogP contribution in [-0.4, -0.2) is 50.5 Å². The maximum atomic E-state index is 6.12. The molecule has 0 spiro atoms. The fourth-order valence-electron chi connectivity index (χ4n) is 1.72. The van der Waals surface area contributed by atoms with Crippen molar-refractivity contribution in [3.63, 3.8) is 0 Å². The van der Waals surface area contributed by atoms with Gasteiger partial charge >= 0.3 is 0 Å². The van der Waals surface area contributed by atoms with Gasteiger partial charge in [-0.2, -0.15) is 0 Å². The highest BCUT2D eigenvalue weighted by molar-refractivity contribution is 14.0. The van der Waals surface area contributed by atoms with E-state index in [1.165, 1.54) is 0 Å². The summed E-state index contributed by atoms with van der Waals surface area (Å²) in [4.78, 5) is 8.51. The highest BCUT2D eigenvalue weighted by Gasteiger charge is 2.06. The lowest BCUT2D eigenvalue weighted by Crippen LogP contribution is -2.35. The first-order valence-electron chi connectivity index (χ1n) is 5.75. The highest BCUT2D eigenvalue weighted by Crippen LogP contribution is 2.24. The van der Waals surface area contributed by atoms with Crippen LogP contribution in [0.1, 0.15) is 5.56 Å². The van der Waals surface area contributed by atoms with Crippen molar-refractivity contribution in [2.24, 2.45) is 4.99 Å². The minimum atomic E-state index is 0. The van der Waals surface area contributed by atoms with Gasteiger partial charge in [0.25, 0.3) is 0 Å². The van der Waals surface area contributed by atoms with Crippen molar-refractivity contribution in [2.75, 3.05) is 34.7 Å². The summed E-state index contributed by atoms with van der Waals surface area (Å²) in [7, 11) is 7.89. The Morgan fingerprint density at radius 1 is 1.05 bits per heavy atom. The largest absolute Gasteiger partial charge is 0.349 e. The van der Waals surface area contributed by atoms with Crippen molar-refractivity contribution in [3.8, 4) is 0 Å². The van der Waals surface area contributed by atoms with Gasteiger partial charge in [0.2, 0.25) is 0 Å². The molecule has 0 saturated carbocycles. The molecule has 0 aliphatic rings. The minimum absolute atomic E-state index is 0. The topological polar surface area (TPSA) is 18.8 Å². The Morgan fingerprint density at radius 3 is 1.95 bits per heavy atom. The summed E-state index contributed by atoms with van der Waals surface area (Å²) >= 11 is 12.2. The second kappa shape index (κ2) is 8.87. The predicted molar refractivity (Wildman–Crippen MR) is 95.3 cm³/mol. The Bertz CT molecular complexity index is 404. The normalized spacial score (nSPS) is 9.58. The van der Waals surface area contributed by atoms with Gasteiger partial charge in [0, 0.05) is 44.8 Å². The number of rotatable bonds is 3. The van der Waals surface area contributed by atoms with Crippen LogP contribution in [0.2, 0.25) is 10.0 Å². The summed E-state index contributed by atoms with van der Waals surface area (Å²) in [6.07, 6.45) is 0.740. The molecular weight excluding hydrogens is 396 g/mol. The number of hydrogen-bond donors (Lipinski definition) is 0. The van der Waals surface area contributed by atoms with E-state index in [0.717, 1.165) is 17.9 Å². The van der Waals surface area contributed by atoms with Gasteiger partial charge in [0.05, 0.1) is 0 Å². The molecule has 108 valence electrons. The average molecular weight is 416 g/mol. The van der Waals surface area contributed by atoms with Gasteiger partial charge in [-0.25, -0.2) is 0 Å². The van der Waals surface area contributed by atoms with Crippen LogP contribution in [0.4, 0.5) is 0 Å². The Balaban J connectivity index is 0.00000324. The molecule has 1 rings (SSSR count). The van der Waals surface area contributed by atoms with Gasteiger partial charge in [0.15, 0.2) is 5.96 Å². The highest BCUT2D eigenvalue weighted by atomic mass is 127. The Morgan fingerprint density at radius 2 is 1.53 bits per heavy atom. The fourth-order valence-corrected chi connectivity index (χ4v) is 2.31. The summed E-state index contributed by atoms with van der Waals surface area (Å²) in [5, 5.41) is 1.41. The molecule has 3 nitrogen and oxygen atoms in total. The van der Waals surface area contributed by atoms with Crippen molar-refractivity contribution in [1.29, 1.82) is 0 Å². The number of nitrogens with zero attached hydrogens (tertiary/aromatic N) is 3. The molecule has 0 atom stereocenters. The van der Waals surface area contributed by atoms with Crippen LogP contribution >= 0.6 is 47.2 Å². The standard InChI is InChI=1S/C13H19Cl2N3.HI/c1-17(2)13(18(3)4)16-9-8-10-11(14)6-5-7-12(10)15;/h5-7H,8-9H2,1-4H3;1H. The van der Waals surface area contributed by atoms with Crippen LogP contribution in [0.3, 0.4) is 0 Å². The molecule has 1 aromatic rings. The number of hydrogen-bond acceptors (Lipinski definition) is 1. The molecule has 6 heteroatoms. The van der Waals surface area contributed by atoms with Crippen molar-refractivity contribution in [2.45, 2.75) is 6.42 Å². The van der Waals surface area contributed by atoms with Gasteiger partial charge < -0.3 is 9.80 Å². The second-order valence-electron chi connectivity index (χ2n) is 4.42. The molecular formula is C13H20Cl2IN3. The number of guanidine groups is 1. The first-order chi connectivity index (χ1) is 8.43. The molecule has 0 heterocycles. The van der Waals surface area contributed by atoms with Crippen LogP contribution < -0.4 is 0 Å². The summed E-state index contributed by atoms with van der Waals surface area (Å²) in [5.41, 5.74) is 0.960. The first-order valence-corrected chi connectivity index (χ1v) is 6.51. The van der Waals surface area contributed by atoms with E-state index in [-0.39, 0.29) is 24.0 Å². The van der Waals surface area contributed by atoms with Crippen molar-refractivity contribution in [1.82, 2.24) is 9.80 Å². The fraction of sp³-hybridized carbons (Fsp3) is 0.462. The lowest BCUT2D eigenvalue weighted by atomic mass is 10.1. The van der Waals surface area contributed by atoms with Gasteiger partial charge in [0.1, 0.15) is 0 Å². The van der Waals surface area contributed by atoms with E-state index >= 15 is 0 Å². The van der Waals surface area contributed by atoms with Gasteiger partial charge in [-0.15, -0.1) is 24.0 Å². The van der Waals surface area contributed by atoms with E-state index in [2.05, 4.69) is 4.99 Å².